The average molecular weight is 438 g/mol. The third-order valence-corrected chi connectivity index (χ3v) is 5.72. The van der Waals surface area contributed by atoms with Gasteiger partial charge in [-0.2, -0.15) is 0 Å². The number of aliphatic hydroxyl groups excluding tert-OH is 1. The van der Waals surface area contributed by atoms with Crippen molar-refractivity contribution in [2.24, 2.45) is 0 Å². The number of amides is 1. The van der Waals surface area contributed by atoms with E-state index in [-0.39, 0.29) is 29.7 Å². The molecular weight excluding hydrogens is 416 g/mol. The lowest BCUT2D eigenvalue weighted by atomic mass is 9.95. The molecule has 0 bridgehead atoms. The van der Waals surface area contributed by atoms with Gasteiger partial charge < -0.3 is 19.5 Å². The molecule has 9 heteroatoms. The van der Waals surface area contributed by atoms with Crippen LogP contribution in [0.1, 0.15) is 30.0 Å². The van der Waals surface area contributed by atoms with Crippen molar-refractivity contribution in [2.75, 3.05) is 20.3 Å². The Hall–Kier alpha value is -3.72. The minimum atomic E-state index is -0.971. The van der Waals surface area contributed by atoms with Crippen LogP contribution < -0.4 is 4.74 Å². The number of hydrogen-bond acceptors (Lipinski definition) is 7. The molecule has 2 aliphatic heterocycles. The van der Waals surface area contributed by atoms with Gasteiger partial charge in [-0.25, -0.2) is 0 Å². The van der Waals surface area contributed by atoms with Gasteiger partial charge in [-0.3, -0.25) is 19.7 Å². The maximum absolute atomic E-state index is 13.0. The van der Waals surface area contributed by atoms with E-state index in [9.17, 15) is 24.8 Å². The van der Waals surface area contributed by atoms with Crippen LogP contribution in [0, 0.1) is 10.1 Å². The number of nitro benzene ring substituents is 1. The second-order valence-corrected chi connectivity index (χ2v) is 7.67. The van der Waals surface area contributed by atoms with Crippen molar-refractivity contribution in [3.63, 3.8) is 0 Å². The standard InChI is InChI=1S/C23H22N2O7/c1-31-17-9-7-14(8-10-17)21(26)19-20(15-4-2-5-16(12-15)25(29)30)24(23(28)22(19)27)13-18-6-3-11-32-18/h2,4-5,7-10,12,18,20,26H,3,6,11,13H2,1H3. The number of nitro groups is 1. The summed E-state index contributed by atoms with van der Waals surface area (Å²) in [5.41, 5.74) is 0.413. The molecule has 0 aromatic heterocycles. The minimum Gasteiger partial charge on any atom is -0.507 e. The van der Waals surface area contributed by atoms with E-state index in [2.05, 4.69) is 0 Å². The summed E-state index contributed by atoms with van der Waals surface area (Å²) in [5.74, 6) is -1.40. The van der Waals surface area contributed by atoms with Crippen LogP contribution in [-0.4, -0.2) is 53.0 Å². The molecule has 2 atom stereocenters. The average Bonchev–Trinajstić information content (AvgIpc) is 3.41. The Balaban J connectivity index is 1.83. The number of non-ortho nitro benzene ring substituents is 1. The van der Waals surface area contributed by atoms with Crippen LogP contribution in [-0.2, 0) is 14.3 Å². The lowest BCUT2D eigenvalue weighted by Gasteiger charge is -2.27. The van der Waals surface area contributed by atoms with Gasteiger partial charge in [0, 0.05) is 30.8 Å². The van der Waals surface area contributed by atoms with Crippen LogP contribution in [0.15, 0.2) is 54.1 Å². The van der Waals surface area contributed by atoms with Gasteiger partial charge >= 0.3 is 0 Å². The highest BCUT2D eigenvalue weighted by molar-refractivity contribution is 6.46. The lowest BCUT2D eigenvalue weighted by molar-refractivity contribution is -0.384. The summed E-state index contributed by atoms with van der Waals surface area (Å²) in [6, 6.07) is 11.2. The van der Waals surface area contributed by atoms with E-state index in [4.69, 9.17) is 9.47 Å². The number of hydrogen-bond donors (Lipinski definition) is 1. The van der Waals surface area contributed by atoms with Crippen molar-refractivity contribution < 1.29 is 29.1 Å². The van der Waals surface area contributed by atoms with Crippen LogP contribution in [0.5, 0.6) is 5.75 Å². The van der Waals surface area contributed by atoms with E-state index >= 15 is 0 Å². The summed E-state index contributed by atoms with van der Waals surface area (Å²) in [6.45, 7) is 0.721. The van der Waals surface area contributed by atoms with Gasteiger partial charge in [-0.1, -0.05) is 12.1 Å². The molecule has 2 aliphatic rings. The van der Waals surface area contributed by atoms with Gasteiger partial charge in [0.15, 0.2) is 0 Å². The Bertz CT molecular complexity index is 1090. The molecule has 32 heavy (non-hydrogen) atoms. The normalized spacial score (nSPS) is 22.3. The van der Waals surface area contributed by atoms with Crippen LogP contribution in [0.2, 0.25) is 0 Å². The molecule has 0 radical (unpaired) electrons. The smallest absolute Gasteiger partial charge is 0.295 e. The van der Waals surface area contributed by atoms with Crippen LogP contribution in [0.3, 0.4) is 0 Å². The molecule has 2 aromatic carbocycles. The number of ketones is 1. The van der Waals surface area contributed by atoms with Crippen molar-refractivity contribution in [1.29, 1.82) is 0 Å². The summed E-state index contributed by atoms with van der Waals surface area (Å²) < 4.78 is 10.8. The fourth-order valence-electron chi connectivity index (χ4n) is 4.14. The van der Waals surface area contributed by atoms with Crippen molar-refractivity contribution >= 4 is 23.1 Å². The molecule has 0 aliphatic carbocycles. The first-order valence-corrected chi connectivity index (χ1v) is 10.2. The molecule has 9 nitrogen and oxygen atoms in total. The molecule has 2 heterocycles. The van der Waals surface area contributed by atoms with Crippen LogP contribution >= 0.6 is 0 Å². The summed E-state index contributed by atoms with van der Waals surface area (Å²) >= 11 is 0. The van der Waals surface area contributed by atoms with Crippen molar-refractivity contribution in [1.82, 2.24) is 4.90 Å². The third-order valence-electron chi connectivity index (χ3n) is 5.72. The molecule has 2 aromatic rings. The molecule has 2 saturated heterocycles. The van der Waals surface area contributed by atoms with E-state index in [0.717, 1.165) is 12.8 Å². The topological polar surface area (TPSA) is 119 Å². The van der Waals surface area contributed by atoms with E-state index in [1.165, 1.54) is 30.2 Å². The Morgan fingerprint density at radius 1 is 1.25 bits per heavy atom. The number of benzene rings is 2. The third kappa shape index (κ3) is 3.94. The van der Waals surface area contributed by atoms with Gasteiger partial charge in [0.05, 0.1) is 29.8 Å². The van der Waals surface area contributed by atoms with Gasteiger partial charge in [-0.15, -0.1) is 0 Å². The number of rotatable bonds is 6. The maximum Gasteiger partial charge on any atom is 0.295 e. The predicted molar refractivity (Wildman–Crippen MR) is 114 cm³/mol. The quantitative estimate of drug-likeness (QED) is 0.242. The number of methoxy groups -OCH3 is 1. The maximum atomic E-state index is 13.0. The molecule has 1 N–H and O–H groups in total. The second kappa shape index (κ2) is 8.80. The van der Waals surface area contributed by atoms with Crippen molar-refractivity contribution in [3.8, 4) is 5.75 Å². The Labute approximate surface area is 184 Å². The highest BCUT2D eigenvalue weighted by atomic mass is 16.6. The van der Waals surface area contributed by atoms with E-state index < -0.39 is 22.7 Å². The zero-order valence-corrected chi connectivity index (χ0v) is 17.4. The van der Waals surface area contributed by atoms with Gasteiger partial charge in [-0.05, 0) is 42.7 Å². The summed E-state index contributed by atoms with van der Waals surface area (Å²) in [6.07, 6.45) is 1.35. The monoisotopic (exact) mass is 438 g/mol. The minimum absolute atomic E-state index is 0.112. The predicted octanol–water partition coefficient (Wildman–Crippen LogP) is 3.20. The number of aliphatic hydroxyl groups is 1. The fraction of sp³-hybridized carbons (Fsp3) is 0.304. The number of carbonyl (C=O) groups is 2. The zero-order valence-electron chi connectivity index (χ0n) is 17.4. The van der Waals surface area contributed by atoms with Crippen molar-refractivity contribution in [2.45, 2.75) is 25.0 Å². The molecule has 2 unspecified atom stereocenters. The van der Waals surface area contributed by atoms with Gasteiger partial charge in [0.2, 0.25) is 0 Å². The summed E-state index contributed by atoms with van der Waals surface area (Å²) in [5, 5.41) is 22.4. The first kappa shape index (κ1) is 21.5. The summed E-state index contributed by atoms with van der Waals surface area (Å²) in [7, 11) is 1.51. The number of carbonyl (C=O) groups excluding carboxylic acids is 2. The Morgan fingerprint density at radius 3 is 2.62 bits per heavy atom. The van der Waals surface area contributed by atoms with E-state index in [1.807, 2.05) is 0 Å². The highest BCUT2D eigenvalue weighted by Gasteiger charge is 2.47. The van der Waals surface area contributed by atoms with E-state index in [1.54, 1.807) is 30.3 Å². The molecule has 2 fully saturated rings. The first-order chi connectivity index (χ1) is 15.4. The van der Waals surface area contributed by atoms with Gasteiger partial charge in [0.25, 0.3) is 17.4 Å². The van der Waals surface area contributed by atoms with Crippen LogP contribution in [0.25, 0.3) is 5.76 Å². The fourth-order valence-corrected chi connectivity index (χ4v) is 4.14. The first-order valence-electron chi connectivity index (χ1n) is 10.2. The molecule has 0 spiro atoms. The molecule has 166 valence electrons. The number of likely N-dealkylation sites (tertiary alicyclic amines) is 1. The van der Waals surface area contributed by atoms with Gasteiger partial charge in [0.1, 0.15) is 11.5 Å². The molecule has 0 saturated carbocycles. The van der Waals surface area contributed by atoms with E-state index in [0.29, 0.717) is 23.5 Å². The molecule has 1 amide bonds. The largest absolute Gasteiger partial charge is 0.507 e. The Kier molecular flexibility index (Phi) is 5.91. The number of Topliss-reactive ketones (excluding diaryl/α,β-unsaturated/α-hetero) is 1. The zero-order chi connectivity index (χ0) is 22.8. The number of nitrogens with zero attached hydrogens (tertiary/aromatic N) is 2. The molecular formula is C23H22N2O7. The molecule has 4 rings (SSSR count). The SMILES string of the molecule is COc1ccc(C(O)=C2C(=O)C(=O)N(CC3CCCO3)C2c2cccc([N+](=O)[O-])c2)cc1. The number of ether oxygens (including phenoxy) is 2. The second-order valence-electron chi connectivity index (χ2n) is 7.67. The van der Waals surface area contributed by atoms with Crippen molar-refractivity contribution in [3.05, 3.63) is 75.3 Å². The summed E-state index contributed by atoms with van der Waals surface area (Å²) in [4.78, 5) is 38.1. The Morgan fingerprint density at radius 2 is 2.00 bits per heavy atom. The highest BCUT2D eigenvalue weighted by Crippen LogP contribution is 2.41. The van der Waals surface area contributed by atoms with Crippen LogP contribution in [0.4, 0.5) is 5.69 Å². The lowest BCUT2D eigenvalue weighted by Crippen LogP contribution is -2.36.